The van der Waals surface area contributed by atoms with E-state index in [2.05, 4.69) is 38.6 Å². The predicted octanol–water partition coefficient (Wildman–Crippen LogP) is 3.58. The van der Waals surface area contributed by atoms with Gasteiger partial charge in [-0.1, -0.05) is 25.5 Å². The van der Waals surface area contributed by atoms with Gasteiger partial charge in [-0.2, -0.15) is 0 Å². The van der Waals surface area contributed by atoms with Crippen LogP contribution in [0.25, 0.3) is 0 Å². The van der Waals surface area contributed by atoms with Crippen molar-refractivity contribution in [2.75, 3.05) is 0 Å². The minimum Gasteiger partial charge on any atom is -0.273 e. The van der Waals surface area contributed by atoms with Gasteiger partial charge in [-0.25, -0.2) is 0 Å². The first-order valence-electron chi connectivity index (χ1n) is 4.45. The Morgan fingerprint density at radius 1 is 1.50 bits per heavy atom. The summed E-state index contributed by atoms with van der Waals surface area (Å²) < 4.78 is 0. The number of hydrogen-bond donors (Lipinski definition) is 0. The summed E-state index contributed by atoms with van der Waals surface area (Å²) in [6, 6.07) is 0. The number of allylic oxidation sites excluding steroid dienone is 3. The highest BCUT2D eigenvalue weighted by Crippen LogP contribution is 2.10. The molecule has 0 saturated heterocycles. The molecule has 0 N–H and O–H groups in total. The van der Waals surface area contributed by atoms with Crippen LogP contribution in [-0.2, 0) is 0 Å². The molecule has 0 bridgehead atoms. The van der Waals surface area contributed by atoms with E-state index in [4.69, 9.17) is 0 Å². The van der Waals surface area contributed by atoms with Crippen LogP contribution < -0.4 is 0 Å². The minimum atomic E-state index is 0.787. The van der Waals surface area contributed by atoms with E-state index in [1.54, 1.807) is 6.20 Å². The number of rotatable bonds is 5. The lowest BCUT2D eigenvalue weighted by Gasteiger charge is -2.03. The van der Waals surface area contributed by atoms with Crippen molar-refractivity contribution in [2.45, 2.75) is 33.6 Å². The second kappa shape index (κ2) is 6.84. The quantitative estimate of drug-likeness (QED) is 0.436. The first kappa shape index (κ1) is 11.2. The van der Waals surface area contributed by atoms with Gasteiger partial charge >= 0.3 is 0 Å². The van der Waals surface area contributed by atoms with E-state index in [1.165, 1.54) is 18.4 Å². The Hall–Kier alpha value is -0.850. The Morgan fingerprint density at radius 2 is 2.17 bits per heavy atom. The van der Waals surface area contributed by atoms with E-state index in [-0.39, 0.29) is 0 Å². The van der Waals surface area contributed by atoms with Crippen LogP contribution in [-0.4, -0.2) is 6.72 Å². The molecule has 68 valence electrons. The van der Waals surface area contributed by atoms with Crippen molar-refractivity contribution in [1.82, 2.24) is 0 Å². The first-order valence-corrected chi connectivity index (χ1v) is 4.45. The molecule has 0 aromatic rings. The summed E-state index contributed by atoms with van der Waals surface area (Å²) in [7, 11) is 0. The molecule has 0 unspecified atom stereocenters. The number of nitrogens with zero attached hydrogens (tertiary/aromatic N) is 1. The van der Waals surface area contributed by atoms with E-state index >= 15 is 0 Å². The third-order valence-electron chi connectivity index (χ3n) is 1.69. The second-order valence-corrected chi connectivity index (χ2v) is 3.47. The molecule has 0 aromatic carbocycles. The fraction of sp³-hybridized carbons (Fsp3) is 0.545. The number of hydrogen-bond acceptors (Lipinski definition) is 1. The third-order valence-corrected chi connectivity index (χ3v) is 1.69. The summed E-state index contributed by atoms with van der Waals surface area (Å²) in [5, 5.41) is 0. The maximum Gasteiger partial charge on any atom is 0.0260 e. The van der Waals surface area contributed by atoms with Gasteiger partial charge < -0.3 is 0 Å². The molecule has 0 amide bonds. The van der Waals surface area contributed by atoms with Gasteiger partial charge in [-0.05, 0) is 38.5 Å². The Morgan fingerprint density at radius 3 is 2.67 bits per heavy atom. The molecule has 0 fully saturated rings. The molecule has 0 aromatic heterocycles. The Bertz CT molecular complexity index is 175. The second-order valence-electron chi connectivity index (χ2n) is 3.47. The molecule has 0 rings (SSSR count). The summed E-state index contributed by atoms with van der Waals surface area (Å²) in [4.78, 5) is 3.63. The van der Waals surface area contributed by atoms with Gasteiger partial charge in [0.1, 0.15) is 0 Å². The van der Waals surface area contributed by atoms with Crippen LogP contribution in [0.15, 0.2) is 28.9 Å². The fourth-order valence-electron chi connectivity index (χ4n) is 0.868. The van der Waals surface area contributed by atoms with Crippen molar-refractivity contribution in [3.8, 4) is 0 Å². The average Bonchev–Trinajstić information content (AvgIpc) is 2.01. The Balaban J connectivity index is 3.70. The molecule has 0 radical (unpaired) electrons. The van der Waals surface area contributed by atoms with Gasteiger partial charge in [0.2, 0.25) is 0 Å². The van der Waals surface area contributed by atoms with Crippen LogP contribution in [0, 0.1) is 5.92 Å². The summed E-state index contributed by atoms with van der Waals surface area (Å²) in [6.07, 6.45) is 8.18. The summed E-state index contributed by atoms with van der Waals surface area (Å²) in [5.74, 6) is 0.787. The maximum absolute atomic E-state index is 3.63. The van der Waals surface area contributed by atoms with Gasteiger partial charge in [-0.3, -0.25) is 4.99 Å². The van der Waals surface area contributed by atoms with Gasteiger partial charge in [0.05, 0.1) is 0 Å². The molecular formula is C11H19N. The standard InChI is InChI=1S/C11H19N/c1-10(2)7-8-11(3)6-5-9-12-4/h5-6,9-10H,4,7-8H2,1-3H3. The van der Waals surface area contributed by atoms with Crippen molar-refractivity contribution in [3.63, 3.8) is 0 Å². The zero-order chi connectivity index (χ0) is 9.40. The molecule has 0 spiro atoms. The molecule has 0 aliphatic heterocycles. The van der Waals surface area contributed by atoms with E-state index in [1.807, 2.05) is 6.08 Å². The van der Waals surface area contributed by atoms with Crippen LogP contribution in [0.4, 0.5) is 0 Å². The molecule has 0 aliphatic carbocycles. The molecular weight excluding hydrogens is 146 g/mol. The highest BCUT2D eigenvalue weighted by molar-refractivity contribution is 5.26. The molecule has 1 heteroatoms. The van der Waals surface area contributed by atoms with Crippen molar-refractivity contribution < 1.29 is 0 Å². The molecule has 12 heavy (non-hydrogen) atoms. The van der Waals surface area contributed by atoms with Crippen LogP contribution in [0.2, 0.25) is 0 Å². The molecule has 0 saturated carbocycles. The van der Waals surface area contributed by atoms with Crippen LogP contribution in [0.3, 0.4) is 0 Å². The van der Waals surface area contributed by atoms with Gasteiger partial charge in [-0.15, -0.1) is 0 Å². The highest BCUT2D eigenvalue weighted by atomic mass is 14.6. The smallest absolute Gasteiger partial charge is 0.0260 e. The van der Waals surface area contributed by atoms with Gasteiger partial charge in [0, 0.05) is 6.20 Å². The minimum absolute atomic E-state index is 0.787. The lowest BCUT2D eigenvalue weighted by atomic mass is 10.0. The predicted molar refractivity (Wildman–Crippen MR) is 56.5 cm³/mol. The summed E-state index contributed by atoms with van der Waals surface area (Å²) in [6.45, 7) is 10.0. The van der Waals surface area contributed by atoms with Crippen molar-refractivity contribution in [1.29, 1.82) is 0 Å². The van der Waals surface area contributed by atoms with E-state index < -0.39 is 0 Å². The largest absolute Gasteiger partial charge is 0.273 e. The first-order chi connectivity index (χ1) is 5.66. The zero-order valence-corrected chi connectivity index (χ0v) is 8.38. The number of aliphatic imine (C=N–C) groups is 1. The third kappa shape index (κ3) is 7.26. The average molecular weight is 165 g/mol. The van der Waals surface area contributed by atoms with Crippen molar-refractivity contribution in [2.24, 2.45) is 10.9 Å². The Labute approximate surface area is 75.9 Å². The van der Waals surface area contributed by atoms with Crippen molar-refractivity contribution in [3.05, 3.63) is 23.9 Å². The maximum atomic E-state index is 3.63. The lowest BCUT2D eigenvalue weighted by molar-refractivity contribution is 0.584. The normalized spacial score (nSPS) is 12.8. The van der Waals surface area contributed by atoms with Crippen LogP contribution in [0.5, 0.6) is 0 Å². The molecule has 0 atom stereocenters. The van der Waals surface area contributed by atoms with Gasteiger partial charge in [0.15, 0.2) is 0 Å². The zero-order valence-electron chi connectivity index (χ0n) is 8.38. The molecule has 0 heterocycles. The lowest BCUT2D eigenvalue weighted by Crippen LogP contribution is -1.87. The Kier molecular flexibility index (Phi) is 6.35. The SMILES string of the molecule is C=NC=CC=C(C)CCC(C)C. The van der Waals surface area contributed by atoms with Crippen LogP contribution >= 0.6 is 0 Å². The van der Waals surface area contributed by atoms with E-state index in [0.29, 0.717) is 0 Å². The highest BCUT2D eigenvalue weighted by Gasteiger charge is 1.93. The fourth-order valence-corrected chi connectivity index (χ4v) is 0.868. The van der Waals surface area contributed by atoms with Crippen molar-refractivity contribution >= 4 is 6.72 Å². The van der Waals surface area contributed by atoms with Crippen LogP contribution in [0.1, 0.15) is 33.6 Å². The monoisotopic (exact) mass is 165 g/mol. The van der Waals surface area contributed by atoms with Gasteiger partial charge in [0.25, 0.3) is 0 Å². The topological polar surface area (TPSA) is 12.4 Å². The summed E-state index contributed by atoms with van der Waals surface area (Å²) in [5.41, 5.74) is 1.41. The van der Waals surface area contributed by atoms with E-state index in [0.717, 1.165) is 5.92 Å². The summed E-state index contributed by atoms with van der Waals surface area (Å²) >= 11 is 0. The molecule has 1 nitrogen and oxygen atoms in total. The molecule has 0 aliphatic rings. The van der Waals surface area contributed by atoms with E-state index in [9.17, 15) is 0 Å².